The predicted octanol–water partition coefficient (Wildman–Crippen LogP) is 2.48. The Labute approximate surface area is 111 Å². The third-order valence-electron chi connectivity index (χ3n) is 2.90. The van der Waals surface area contributed by atoms with E-state index in [-0.39, 0.29) is 5.82 Å². The summed E-state index contributed by atoms with van der Waals surface area (Å²) in [5.41, 5.74) is 2.11. The zero-order valence-corrected chi connectivity index (χ0v) is 11.1. The van der Waals surface area contributed by atoms with Crippen molar-refractivity contribution in [3.05, 3.63) is 41.5 Å². The van der Waals surface area contributed by atoms with E-state index in [4.69, 9.17) is 5.11 Å². The Morgan fingerprint density at radius 1 is 1.26 bits per heavy atom. The molecular formula is C14H17N3O2. The monoisotopic (exact) mass is 259 g/mol. The van der Waals surface area contributed by atoms with E-state index in [9.17, 15) is 4.79 Å². The van der Waals surface area contributed by atoms with Gasteiger partial charge in [0.1, 0.15) is 5.82 Å². The first-order valence-corrected chi connectivity index (χ1v) is 6.44. The molecule has 1 N–H and O–H groups in total. The van der Waals surface area contributed by atoms with Gasteiger partial charge < -0.3 is 5.11 Å². The zero-order valence-electron chi connectivity index (χ0n) is 11.1. The molecule has 0 bridgehead atoms. The molecule has 2 rings (SSSR count). The molecule has 0 radical (unpaired) electrons. The largest absolute Gasteiger partial charge is 0.475 e. The van der Waals surface area contributed by atoms with Gasteiger partial charge in [0.15, 0.2) is 0 Å². The fourth-order valence-electron chi connectivity index (χ4n) is 1.96. The molecule has 0 atom stereocenters. The second-order valence-electron chi connectivity index (χ2n) is 4.34. The third-order valence-corrected chi connectivity index (χ3v) is 2.90. The molecule has 19 heavy (non-hydrogen) atoms. The average molecular weight is 259 g/mol. The molecule has 0 aliphatic rings. The van der Waals surface area contributed by atoms with E-state index in [1.165, 1.54) is 5.56 Å². The number of benzene rings is 1. The molecule has 1 aromatic carbocycles. The number of hydrogen-bond donors (Lipinski definition) is 1. The van der Waals surface area contributed by atoms with Gasteiger partial charge in [-0.05, 0) is 24.1 Å². The number of carboxylic acids is 1. The Hall–Kier alpha value is -2.17. The van der Waals surface area contributed by atoms with Crippen LogP contribution in [0.2, 0.25) is 0 Å². The minimum Gasteiger partial charge on any atom is -0.475 e. The van der Waals surface area contributed by atoms with Crippen LogP contribution in [0.4, 0.5) is 0 Å². The van der Waals surface area contributed by atoms with Gasteiger partial charge in [-0.1, -0.05) is 32.4 Å². The predicted molar refractivity (Wildman–Crippen MR) is 71.7 cm³/mol. The summed E-state index contributed by atoms with van der Waals surface area (Å²) in [4.78, 5) is 14.9. The van der Waals surface area contributed by atoms with Gasteiger partial charge in [-0.3, -0.25) is 0 Å². The van der Waals surface area contributed by atoms with E-state index in [1.807, 2.05) is 31.2 Å². The lowest BCUT2D eigenvalue weighted by atomic mass is 10.1. The van der Waals surface area contributed by atoms with Crippen molar-refractivity contribution in [2.24, 2.45) is 0 Å². The summed E-state index contributed by atoms with van der Waals surface area (Å²) in [6.07, 6.45) is 2.78. The highest BCUT2D eigenvalue weighted by atomic mass is 16.4. The maximum absolute atomic E-state index is 10.9. The zero-order chi connectivity index (χ0) is 13.8. The van der Waals surface area contributed by atoms with Crippen LogP contribution >= 0.6 is 0 Å². The number of aryl methyl sites for hydroxylation is 2. The molecule has 0 amide bonds. The highest BCUT2D eigenvalue weighted by molar-refractivity contribution is 5.83. The van der Waals surface area contributed by atoms with Gasteiger partial charge in [-0.25, -0.2) is 14.5 Å². The third kappa shape index (κ3) is 2.81. The number of nitrogens with zero attached hydrogens (tertiary/aromatic N) is 3. The summed E-state index contributed by atoms with van der Waals surface area (Å²) in [5.74, 6) is -0.605. The van der Waals surface area contributed by atoms with E-state index in [0.717, 1.165) is 18.5 Å². The van der Waals surface area contributed by atoms with Crippen molar-refractivity contribution in [2.75, 3.05) is 0 Å². The normalized spacial score (nSPS) is 10.6. The first-order valence-electron chi connectivity index (χ1n) is 6.44. The Kier molecular flexibility index (Phi) is 3.94. The minimum absolute atomic E-state index is 0.158. The molecular weight excluding hydrogens is 242 g/mol. The van der Waals surface area contributed by atoms with Crippen LogP contribution in [0.15, 0.2) is 24.3 Å². The van der Waals surface area contributed by atoms with E-state index in [1.54, 1.807) is 4.68 Å². The van der Waals surface area contributed by atoms with Gasteiger partial charge in [0.05, 0.1) is 5.69 Å². The van der Waals surface area contributed by atoms with Crippen molar-refractivity contribution in [3.8, 4) is 5.69 Å². The van der Waals surface area contributed by atoms with Gasteiger partial charge in [-0.2, -0.15) is 0 Å². The summed E-state index contributed by atoms with van der Waals surface area (Å²) in [7, 11) is 0. The summed E-state index contributed by atoms with van der Waals surface area (Å²) in [6.45, 7) is 4.07. The standard InChI is InChI=1S/C14H17N3O2/c1-3-5-10-6-8-11(9-7-10)17-12(4-2)15-13(16-17)14(18)19/h6-9H,3-5H2,1-2H3,(H,18,19). The maximum atomic E-state index is 10.9. The summed E-state index contributed by atoms with van der Waals surface area (Å²) in [6, 6.07) is 7.98. The molecule has 0 fully saturated rings. The van der Waals surface area contributed by atoms with Crippen molar-refractivity contribution in [1.82, 2.24) is 14.8 Å². The quantitative estimate of drug-likeness (QED) is 0.895. The fraction of sp³-hybridized carbons (Fsp3) is 0.357. The van der Waals surface area contributed by atoms with Crippen LogP contribution in [0.25, 0.3) is 5.69 Å². The van der Waals surface area contributed by atoms with Crippen molar-refractivity contribution in [1.29, 1.82) is 0 Å². The van der Waals surface area contributed by atoms with Crippen LogP contribution in [0.5, 0.6) is 0 Å². The Morgan fingerprint density at radius 3 is 2.47 bits per heavy atom. The second-order valence-corrected chi connectivity index (χ2v) is 4.34. The molecule has 100 valence electrons. The van der Waals surface area contributed by atoms with Crippen LogP contribution in [0.3, 0.4) is 0 Å². The lowest BCUT2D eigenvalue weighted by molar-refractivity contribution is 0.0683. The molecule has 1 heterocycles. The minimum atomic E-state index is -1.10. The van der Waals surface area contributed by atoms with E-state index in [2.05, 4.69) is 17.0 Å². The van der Waals surface area contributed by atoms with E-state index in [0.29, 0.717) is 12.2 Å². The highest BCUT2D eigenvalue weighted by Crippen LogP contribution is 2.13. The number of aromatic carboxylic acids is 1. The first kappa shape index (κ1) is 13.3. The smallest absolute Gasteiger partial charge is 0.375 e. The van der Waals surface area contributed by atoms with Crippen molar-refractivity contribution >= 4 is 5.97 Å². The number of rotatable bonds is 5. The lowest BCUT2D eigenvalue weighted by Crippen LogP contribution is -2.03. The first-order chi connectivity index (χ1) is 9.15. The Bertz CT molecular complexity index is 573. The van der Waals surface area contributed by atoms with Crippen molar-refractivity contribution in [3.63, 3.8) is 0 Å². The molecule has 0 aliphatic heterocycles. The fourth-order valence-corrected chi connectivity index (χ4v) is 1.96. The van der Waals surface area contributed by atoms with Gasteiger partial charge in [0.2, 0.25) is 0 Å². The molecule has 5 heteroatoms. The number of hydrogen-bond acceptors (Lipinski definition) is 3. The molecule has 0 saturated heterocycles. The van der Waals surface area contributed by atoms with Crippen LogP contribution in [0.1, 0.15) is 42.3 Å². The van der Waals surface area contributed by atoms with E-state index >= 15 is 0 Å². The number of carbonyl (C=O) groups is 1. The summed E-state index contributed by atoms with van der Waals surface area (Å²) >= 11 is 0. The topological polar surface area (TPSA) is 68.0 Å². The molecule has 0 aliphatic carbocycles. The molecule has 0 saturated carbocycles. The van der Waals surface area contributed by atoms with Crippen molar-refractivity contribution < 1.29 is 9.90 Å². The van der Waals surface area contributed by atoms with Gasteiger partial charge >= 0.3 is 5.97 Å². The lowest BCUT2D eigenvalue weighted by Gasteiger charge is -2.05. The number of aromatic nitrogens is 3. The number of carboxylic acid groups (broad SMARTS) is 1. The maximum Gasteiger partial charge on any atom is 0.375 e. The summed E-state index contributed by atoms with van der Waals surface area (Å²) in [5, 5.41) is 13.0. The highest BCUT2D eigenvalue weighted by Gasteiger charge is 2.15. The molecule has 1 aromatic heterocycles. The average Bonchev–Trinajstić information content (AvgIpc) is 2.84. The SMILES string of the molecule is CCCc1ccc(-n2nc(C(=O)O)nc2CC)cc1. The van der Waals surface area contributed by atoms with E-state index < -0.39 is 5.97 Å². The van der Waals surface area contributed by atoms with Gasteiger partial charge in [0.25, 0.3) is 5.82 Å². The van der Waals surface area contributed by atoms with Crippen LogP contribution in [-0.2, 0) is 12.8 Å². The van der Waals surface area contributed by atoms with Crippen LogP contribution in [0, 0.1) is 0 Å². The molecule has 0 unspecified atom stereocenters. The molecule has 2 aromatic rings. The molecule has 5 nitrogen and oxygen atoms in total. The Balaban J connectivity index is 2.37. The molecule has 0 spiro atoms. The van der Waals surface area contributed by atoms with Crippen molar-refractivity contribution in [2.45, 2.75) is 33.1 Å². The van der Waals surface area contributed by atoms with Gasteiger partial charge in [-0.15, -0.1) is 5.10 Å². The summed E-state index contributed by atoms with van der Waals surface area (Å²) < 4.78 is 1.60. The van der Waals surface area contributed by atoms with Crippen LogP contribution in [-0.4, -0.2) is 25.8 Å². The van der Waals surface area contributed by atoms with Crippen LogP contribution < -0.4 is 0 Å². The second kappa shape index (κ2) is 5.65. The Morgan fingerprint density at radius 2 is 1.95 bits per heavy atom. The van der Waals surface area contributed by atoms with Gasteiger partial charge in [0, 0.05) is 6.42 Å².